The Kier molecular flexibility index (Phi) is 3.28. The first kappa shape index (κ1) is 13.5. The Labute approximate surface area is 112 Å². The molecule has 0 saturated carbocycles. The van der Waals surface area contributed by atoms with E-state index in [0.717, 1.165) is 11.3 Å². The van der Waals surface area contributed by atoms with Gasteiger partial charge >= 0.3 is 0 Å². The van der Waals surface area contributed by atoms with Gasteiger partial charge in [0.05, 0.1) is 22.0 Å². The van der Waals surface area contributed by atoms with Gasteiger partial charge in [-0.2, -0.15) is 0 Å². The van der Waals surface area contributed by atoms with Gasteiger partial charge in [0.2, 0.25) is 0 Å². The van der Waals surface area contributed by atoms with E-state index >= 15 is 0 Å². The molecule has 2 aromatic rings. The second-order valence-corrected chi connectivity index (χ2v) is 6.43. The second kappa shape index (κ2) is 4.62. The van der Waals surface area contributed by atoms with Crippen LogP contribution in [0, 0.1) is 13.8 Å². The number of nitrogens with two attached hydrogens (primary N) is 1. The molecule has 1 aromatic carbocycles. The third kappa shape index (κ3) is 2.73. The van der Waals surface area contributed by atoms with Gasteiger partial charge in [-0.25, -0.2) is 18.4 Å². The van der Waals surface area contributed by atoms with Crippen LogP contribution in [0.2, 0.25) is 0 Å². The number of aromatic nitrogens is 2. The predicted molar refractivity (Wildman–Crippen MR) is 74.5 cm³/mol. The molecular formula is C13H15N3O2S. The number of sulfone groups is 1. The summed E-state index contributed by atoms with van der Waals surface area (Å²) >= 11 is 0. The molecule has 0 radical (unpaired) electrons. The van der Waals surface area contributed by atoms with E-state index in [1.807, 2.05) is 6.92 Å². The smallest absolute Gasteiger partial charge is 0.175 e. The molecule has 0 aliphatic rings. The fourth-order valence-electron chi connectivity index (χ4n) is 1.80. The molecule has 0 spiro atoms. The van der Waals surface area contributed by atoms with E-state index in [4.69, 9.17) is 5.73 Å². The van der Waals surface area contributed by atoms with E-state index in [9.17, 15) is 8.42 Å². The van der Waals surface area contributed by atoms with Crippen molar-refractivity contribution in [2.75, 3.05) is 12.0 Å². The summed E-state index contributed by atoms with van der Waals surface area (Å²) in [6.07, 6.45) is 1.18. The van der Waals surface area contributed by atoms with Crippen molar-refractivity contribution in [2.45, 2.75) is 18.7 Å². The molecule has 2 rings (SSSR count). The van der Waals surface area contributed by atoms with E-state index in [0.29, 0.717) is 17.2 Å². The Hall–Kier alpha value is -1.95. The number of nitrogen functional groups attached to an aromatic ring is 1. The van der Waals surface area contributed by atoms with Crippen molar-refractivity contribution < 1.29 is 8.42 Å². The van der Waals surface area contributed by atoms with Crippen LogP contribution >= 0.6 is 0 Å². The summed E-state index contributed by atoms with van der Waals surface area (Å²) in [6, 6.07) is 6.51. The number of aryl methyl sites for hydroxylation is 2. The zero-order chi connectivity index (χ0) is 14.2. The lowest BCUT2D eigenvalue weighted by Gasteiger charge is -2.09. The minimum absolute atomic E-state index is 0.275. The lowest BCUT2D eigenvalue weighted by Crippen LogP contribution is -2.02. The van der Waals surface area contributed by atoms with Crippen LogP contribution in [-0.4, -0.2) is 24.6 Å². The van der Waals surface area contributed by atoms with Gasteiger partial charge < -0.3 is 5.73 Å². The van der Waals surface area contributed by atoms with Crippen molar-refractivity contribution in [3.05, 3.63) is 35.8 Å². The molecule has 5 nitrogen and oxygen atoms in total. The molecule has 0 aliphatic heterocycles. The van der Waals surface area contributed by atoms with Crippen molar-refractivity contribution in [2.24, 2.45) is 0 Å². The van der Waals surface area contributed by atoms with Gasteiger partial charge in [-0.05, 0) is 26.0 Å². The van der Waals surface area contributed by atoms with Crippen LogP contribution in [0.15, 0.2) is 29.2 Å². The van der Waals surface area contributed by atoms with Crippen LogP contribution < -0.4 is 5.73 Å². The van der Waals surface area contributed by atoms with Crippen molar-refractivity contribution in [1.29, 1.82) is 0 Å². The molecule has 0 fully saturated rings. The number of hydrogen-bond acceptors (Lipinski definition) is 5. The van der Waals surface area contributed by atoms with E-state index in [1.54, 1.807) is 31.2 Å². The number of nitrogens with zero attached hydrogens (tertiary/aromatic N) is 2. The normalized spacial score (nSPS) is 11.5. The maximum Gasteiger partial charge on any atom is 0.175 e. The van der Waals surface area contributed by atoms with Crippen molar-refractivity contribution in [1.82, 2.24) is 9.97 Å². The maximum absolute atomic E-state index is 11.4. The van der Waals surface area contributed by atoms with Gasteiger partial charge in [0.15, 0.2) is 9.84 Å². The first-order valence-corrected chi connectivity index (χ1v) is 7.59. The Bertz CT molecular complexity index is 722. The lowest BCUT2D eigenvalue weighted by molar-refractivity contribution is 0.602. The van der Waals surface area contributed by atoms with Crippen LogP contribution in [0.1, 0.15) is 11.5 Å². The molecule has 0 saturated heterocycles. The SMILES string of the molecule is Cc1nc(C)c(N)c(-c2ccc(S(C)(=O)=O)cc2)n1. The van der Waals surface area contributed by atoms with Gasteiger partial charge in [-0.15, -0.1) is 0 Å². The average molecular weight is 277 g/mol. The highest BCUT2D eigenvalue weighted by Gasteiger charge is 2.11. The maximum atomic E-state index is 11.4. The van der Waals surface area contributed by atoms with Crippen LogP contribution in [0.4, 0.5) is 5.69 Å². The highest BCUT2D eigenvalue weighted by Crippen LogP contribution is 2.26. The molecule has 6 heteroatoms. The molecule has 0 unspecified atom stereocenters. The monoisotopic (exact) mass is 277 g/mol. The molecule has 2 N–H and O–H groups in total. The van der Waals surface area contributed by atoms with E-state index < -0.39 is 9.84 Å². The highest BCUT2D eigenvalue weighted by atomic mass is 32.2. The van der Waals surface area contributed by atoms with Gasteiger partial charge in [0, 0.05) is 11.8 Å². The molecule has 0 amide bonds. The first-order valence-electron chi connectivity index (χ1n) is 5.70. The van der Waals surface area contributed by atoms with Crippen LogP contribution in [0.3, 0.4) is 0 Å². The summed E-state index contributed by atoms with van der Waals surface area (Å²) in [7, 11) is -3.19. The van der Waals surface area contributed by atoms with Crippen molar-refractivity contribution in [3.63, 3.8) is 0 Å². The number of anilines is 1. The highest BCUT2D eigenvalue weighted by molar-refractivity contribution is 7.90. The number of rotatable bonds is 2. The number of hydrogen-bond donors (Lipinski definition) is 1. The Morgan fingerprint density at radius 2 is 1.63 bits per heavy atom. The fourth-order valence-corrected chi connectivity index (χ4v) is 2.43. The molecule has 1 heterocycles. The minimum atomic E-state index is -3.19. The summed E-state index contributed by atoms with van der Waals surface area (Å²) < 4.78 is 22.8. The largest absolute Gasteiger partial charge is 0.395 e. The molecule has 1 aromatic heterocycles. The minimum Gasteiger partial charge on any atom is -0.395 e. The summed E-state index contributed by atoms with van der Waals surface area (Å²) in [4.78, 5) is 8.77. The summed E-state index contributed by atoms with van der Waals surface area (Å²) in [5, 5.41) is 0. The quantitative estimate of drug-likeness (QED) is 0.903. The number of benzene rings is 1. The molecule has 100 valence electrons. The summed E-state index contributed by atoms with van der Waals surface area (Å²) in [6.45, 7) is 3.61. The summed E-state index contributed by atoms with van der Waals surface area (Å²) in [5.74, 6) is 0.633. The molecule has 0 aliphatic carbocycles. The van der Waals surface area contributed by atoms with Gasteiger partial charge in [0.1, 0.15) is 5.82 Å². The van der Waals surface area contributed by atoms with Gasteiger partial charge in [-0.1, -0.05) is 12.1 Å². The van der Waals surface area contributed by atoms with Crippen molar-refractivity contribution >= 4 is 15.5 Å². The molecular weight excluding hydrogens is 262 g/mol. The molecule has 19 heavy (non-hydrogen) atoms. The third-order valence-corrected chi connectivity index (χ3v) is 3.93. The van der Waals surface area contributed by atoms with Crippen LogP contribution in [0.5, 0.6) is 0 Å². The van der Waals surface area contributed by atoms with Crippen LogP contribution in [0.25, 0.3) is 11.3 Å². The second-order valence-electron chi connectivity index (χ2n) is 4.42. The average Bonchev–Trinajstić information content (AvgIpc) is 2.33. The van der Waals surface area contributed by atoms with Gasteiger partial charge in [-0.3, -0.25) is 0 Å². The van der Waals surface area contributed by atoms with E-state index in [2.05, 4.69) is 9.97 Å². The topological polar surface area (TPSA) is 85.9 Å². The Morgan fingerprint density at radius 1 is 1.05 bits per heavy atom. The Balaban J connectivity index is 2.55. The fraction of sp³-hybridized carbons (Fsp3) is 0.231. The first-order chi connectivity index (χ1) is 8.79. The zero-order valence-corrected chi connectivity index (χ0v) is 11.8. The standard InChI is InChI=1S/C13H15N3O2S/c1-8-12(14)13(16-9(2)15-8)10-4-6-11(7-5-10)19(3,17)18/h4-7H,14H2,1-3H3. The van der Waals surface area contributed by atoms with E-state index in [-0.39, 0.29) is 4.90 Å². The van der Waals surface area contributed by atoms with Crippen molar-refractivity contribution in [3.8, 4) is 11.3 Å². The van der Waals surface area contributed by atoms with Crippen LogP contribution in [-0.2, 0) is 9.84 Å². The van der Waals surface area contributed by atoms with Gasteiger partial charge in [0.25, 0.3) is 0 Å². The zero-order valence-electron chi connectivity index (χ0n) is 11.0. The lowest BCUT2D eigenvalue weighted by atomic mass is 10.1. The van der Waals surface area contributed by atoms with E-state index in [1.165, 1.54) is 6.26 Å². The summed E-state index contributed by atoms with van der Waals surface area (Å²) in [5.41, 5.74) is 8.60. The molecule has 0 atom stereocenters. The Morgan fingerprint density at radius 3 is 2.16 bits per heavy atom. The predicted octanol–water partition coefficient (Wildman–Crippen LogP) is 1.75. The molecule has 0 bridgehead atoms. The third-order valence-electron chi connectivity index (χ3n) is 2.80.